The van der Waals surface area contributed by atoms with Crippen LogP contribution in [-0.2, 0) is 0 Å². The highest BCUT2D eigenvalue weighted by molar-refractivity contribution is 7.98. The highest BCUT2D eigenvalue weighted by atomic mass is 32.2. The Morgan fingerprint density at radius 3 is 2.63 bits per heavy atom. The van der Waals surface area contributed by atoms with E-state index in [0.717, 1.165) is 27.7 Å². The Morgan fingerprint density at radius 1 is 1.22 bits per heavy atom. The van der Waals surface area contributed by atoms with Crippen molar-refractivity contribution in [2.24, 2.45) is 0 Å². The van der Waals surface area contributed by atoms with Crippen LogP contribution in [0.25, 0.3) is 5.69 Å². The summed E-state index contributed by atoms with van der Waals surface area (Å²) in [5.74, 6) is 0.654. The molecule has 0 aliphatic carbocycles. The maximum atomic E-state index is 12.7. The van der Waals surface area contributed by atoms with Crippen molar-refractivity contribution in [1.82, 2.24) is 14.9 Å². The molecule has 0 radical (unpaired) electrons. The van der Waals surface area contributed by atoms with Gasteiger partial charge in [0, 0.05) is 29.2 Å². The Labute approximate surface area is 163 Å². The lowest BCUT2D eigenvalue weighted by Gasteiger charge is -2.18. The van der Waals surface area contributed by atoms with Crippen LogP contribution >= 0.6 is 11.8 Å². The van der Waals surface area contributed by atoms with Gasteiger partial charge in [0.15, 0.2) is 5.16 Å². The maximum Gasteiger partial charge on any atom is 0.251 e. The van der Waals surface area contributed by atoms with E-state index >= 15 is 0 Å². The molecule has 0 bridgehead atoms. The molecule has 1 aromatic heterocycles. The van der Waals surface area contributed by atoms with Gasteiger partial charge >= 0.3 is 0 Å². The Kier molecular flexibility index (Phi) is 5.86. The molecule has 3 aromatic rings. The van der Waals surface area contributed by atoms with Gasteiger partial charge in [0.05, 0.1) is 13.2 Å². The molecule has 2 aromatic carbocycles. The standard InChI is InChI=1S/C21H23N3O2S/c1-14-5-10-19(26-3)18(13-14)15(2)23-20(25)16-6-8-17(9-7-16)24-12-11-22-21(24)27-4/h5-13,15H,1-4H3,(H,23,25). The van der Waals surface area contributed by atoms with Crippen molar-refractivity contribution in [2.45, 2.75) is 25.0 Å². The average Bonchev–Trinajstić information content (AvgIpc) is 3.16. The van der Waals surface area contributed by atoms with E-state index in [1.807, 2.05) is 73.3 Å². The summed E-state index contributed by atoms with van der Waals surface area (Å²) < 4.78 is 7.42. The Morgan fingerprint density at radius 2 is 1.96 bits per heavy atom. The van der Waals surface area contributed by atoms with Crippen LogP contribution in [0.5, 0.6) is 5.75 Å². The molecule has 0 aliphatic rings. The van der Waals surface area contributed by atoms with Crippen LogP contribution < -0.4 is 10.1 Å². The van der Waals surface area contributed by atoms with E-state index in [1.165, 1.54) is 0 Å². The number of ether oxygens (including phenoxy) is 1. The molecule has 140 valence electrons. The van der Waals surface area contributed by atoms with E-state index in [2.05, 4.69) is 10.3 Å². The minimum atomic E-state index is -0.163. The predicted molar refractivity (Wildman–Crippen MR) is 109 cm³/mol. The van der Waals surface area contributed by atoms with Gasteiger partial charge < -0.3 is 10.1 Å². The zero-order valence-corrected chi connectivity index (χ0v) is 16.7. The summed E-state index contributed by atoms with van der Waals surface area (Å²) in [6.07, 6.45) is 5.66. The number of carbonyl (C=O) groups is 1. The second kappa shape index (κ2) is 8.31. The first-order chi connectivity index (χ1) is 13.0. The monoisotopic (exact) mass is 381 g/mol. The molecule has 0 saturated carbocycles. The highest BCUT2D eigenvalue weighted by Gasteiger charge is 2.15. The first kappa shape index (κ1) is 19.0. The number of amides is 1. The summed E-state index contributed by atoms with van der Waals surface area (Å²) in [4.78, 5) is 17.0. The van der Waals surface area contributed by atoms with Gasteiger partial charge in [-0.15, -0.1) is 0 Å². The number of hydrogen-bond acceptors (Lipinski definition) is 4. The fourth-order valence-electron chi connectivity index (χ4n) is 2.96. The van der Waals surface area contributed by atoms with Crippen molar-refractivity contribution < 1.29 is 9.53 Å². The summed E-state index contributed by atoms with van der Waals surface area (Å²) >= 11 is 1.58. The summed E-state index contributed by atoms with van der Waals surface area (Å²) in [6, 6.07) is 13.3. The molecule has 1 amide bonds. The Balaban J connectivity index is 1.76. The molecule has 0 saturated heterocycles. The van der Waals surface area contributed by atoms with Gasteiger partial charge in [-0.3, -0.25) is 9.36 Å². The predicted octanol–water partition coefficient (Wildman–Crippen LogP) is 4.40. The number of imidazole rings is 1. The second-order valence-electron chi connectivity index (χ2n) is 6.27. The second-order valence-corrected chi connectivity index (χ2v) is 7.04. The quantitative estimate of drug-likeness (QED) is 0.643. The highest BCUT2D eigenvalue weighted by Crippen LogP contribution is 2.26. The minimum absolute atomic E-state index is 0.117. The summed E-state index contributed by atoms with van der Waals surface area (Å²) in [6.45, 7) is 3.98. The third-order valence-electron chi connectivity index (χ3n) is 4.40. The molecule has 1 atom stereocenters. The smallest absolute Gasteiger partial charge is 0.251 e. The van der Waals surface area contributed by atoms with E-state index in [-0.39, 0.29) is 11.9 Å². The van der Waals surface area contributed by atoms with Gasteiger partial charge in [0.2, 0.25) is 0 Å². The number of rotatable bonds is 6. The van der Waals surface area contributed by atoms with E-state index in [0.29, 0.717) is 5.56 Å². The van der Waals surface area contributed by atoms with Crippen molar-refractivity contribution in [1.29, 1.82) is 0 Å². The van der Waals surface area contributed by atoms with Gasteiger partial charge in [0.1, 0.15) is 5.75 Å². The van der Waals surface area contributed by atoms with Gasteiger partial charge in [-0.25, -0.2) is 4.98 Å². The number of hydrogen-bond donors (Lipinski definition) is 1. The third kappa shape index (κ3) is 4.17. The van der Waals surface area contributed by atoms with Crippen molar-refractivity contribution in [3.05, 3.63) is 71.5 Å². The fraction of sp³-hybridized carbons (Fsp3) is 0.238. The molecule has 1 N–H and O–H groups in total. The van der Waals surface area contributed by atoms with Crippen LogP contribution in [0, 0.1) is 6.92 Å². The summed E-state index contributed by atoms with van der Waals surface area (Å²) in [5.41, 5.74) is 3.68. The van der Waals surface area contributed by atoms with Crippen molar-refractivity contribution in [3.8, 4) is 11.4 Å². The summed E-state index contributed by atoms with van der Waals surface area (Å²) in [7, 11) is 1.64. The molecule has 0 fully saturated rings. The average molecular weight is 382 g/mol. The number of benzene rings is 2. The lowest BCUT2D eigenvalue weighted by molar-refractivity contribution is 0.0939. The van der Waals surface area contributed by atoms with Gasteiger partial charge in [-0.05, 0) is 50.4 Å². The van der Waals surface area contributed by atoms with Gasteiger partial charge in [-0.1, -0.05) is 29.5 Å². The first-order valence-corrected chi connectivity index (χ1v) is 9.89. The molecule has 0 aliphatic heterocycles. The number of nitrogens with zero attached hydrogens (tertiary/aromatic N) is 2. The molecule has 1 unspecified atom stereocenters. The van der Waals surface area contributed by atoms with E-state index in [4.69, 9.17) is 4.74 Å². The number of aryl methyl sites for hydroxylation is 1. The minimum Gasteiger partial charge on any atom is -0.496 e. The van der Waals surface area contributed by atoms with Gasteiger partial charge in [-0.2, -0.15) is 0 Å². The number of thioether (sulfide) groups is 1. The molecule has 1 heterocycles. The molecule has 5 nitrogen and oxygen atoms in total. The fourth-order valence-corrected chi connectivity index (χ4v) is 3.49. The molecule has 0 spiro atoms. The number of methoxy groups -OCH3 is 1. The number of nitrogens with one attached hydrogen (secondary N) is 1. The molecular weight excluding hydrogens is 358 g/mol. The SMILES string of the molecule is COc1ccc(C)cc1C(C)NC(=O)c1ccc(-n2ccnc2SC)cc1. The maximum absolute atomic E-state index is 12.7. The Hall–Kier alpha value is -2.73. The molecule has 6 heteroatoms. The number of aromatic nitrogens is 2. The topological polar surface area (TPSA) is 56.1 Å². The first-order valence-electron chi connectivity index (χ1n) is 8.66. The molecular formula is C21H23N3O2S. The van der Waals surface area contributed by atoms with Crippen LogP contribution in [-0.4, -0.2) is 28.8 Å². The Bertz CT molecular complexity index is 935. The lowest BCUT2D eigenvalue weighted by Crippen LogP contribution is -2.27. The van der Waals surface area contributed by atoms with Crippen LogP contribution in [0.4, 0.5) is 0 Å². The largest absolute Gasteiger partial charge is 0.496 e. The van der Waals surface area contributed by atoms with Crippen LogP contribution in [0.1, 0.15) is 34.5 Å². The van der Waals surface area contributed by atoms with E-state index in [9.17, 15) is 4.79 Å². The zero-order valence-electron chi connectivity index (χ0n) is 15.9. The van der Waals surface area contributed by atoms with Crippen LogP contribution in [0.2, 0.25) is 0 Å². The number of carbonyl (C=O) groups excluding carboxylic acids is 1. The lowest BCUT2D eigenvalue weighted by atomic mass is 10.0. The normalized spacial score (nSPS) is 11.9. The van der Waals surface area contributed by atoms with Crippen molar-refractivity contribution >= 4 is 17.7 Å². The third-order valence-corrected chi connectivity index (χ3v) is 5.06. The molecule has 27 heavy (non-hydrogen) atoms. The van der Waals surface area contributed by atoms with E-state index < -0.39 is 0 Å². The zero-order chi connectivity index (χ0) is 19.4. The van der Waals surface area contributed by atoms with Crippen molar-refractivity contribution in [3.63, 3.8) is 0 Å². The van der Waals surface area contributed by atoms with Crippen LogP contribution in [0.3, 0.4) is 0 Å². The van der Waals surface area contributed by atoms with Crippen LogP contribution in [0.15, 0.2) is 60.0 Å². The summed E-state index contributed by atoms with van der Waals surface area (Å²) in [5, 5.41) is 3.96. The van der Waals surface area contributed by atoms with E-state index in [1.54, 1.807) is 25.1 Å². The molecule has 3 rings (SSSR count). The van der Waals surface area contributed by atoms with Crippen molar-refractivity contribution in [2.75, 3.05) is 13.4 Å². The van der Waals surface area contributed by atoms with Gasteiger partial charge in [0.25, 0.3) is 5.91 Å².